The molecule has 2 aromatic heterocycles. The van der Waals surface area contributed by atoms with Gasteiger partial charge in [0.2, 0.25) is 5.76 Å². The third kappa shape index (κ3) is 3.83. The number of aromatic nitrogens is 1. The molecule has 0 bridgehead atoms. The fourth-order valence-electron chi connectivity index (χ4n) is 4.70. The summed E-state index contributed by atoms with van der Waals surface area (Å²) in [6.45, 7) is 4.44. The van der Waals surface area contributed by atoms with E-state index in [0.29, 0.717) is 44.2 Å². The number of benzene rings is 3. The lowest BCUT2D eigenvalue weighted by Crippen LogP contribution is -2.29. The molecule has 1 aliphatic heterocycles. The second-order valence-electron chi connectivity index (χ2n) is 8.65. The van der Waals surface area contributed by atoms with E-state index in [9.17, 15) is 14.4 Å². The van der Waals surface area contributed by atoms with Crippen molar-refractivity contribution in [2.24, 2.45) is 0 Å². The van der Waals surface area contributed by atoms with Crippen LogP contribution < -0.4 is 15.1 Å². The van der Waals surface area contributed by atoms with Crippen LogP contribution in [0.4, 0.5) is 5.13 Å². The molecule has 9 heteroatoms. The molecule has 1 aliphatic rings. The molecule has 3 aromatic carbocycles. The predicted molar refractivity (Wildman–Crippen MR) is 144 cm³/mol. The lowest BCUT2D eigenvalue weighted by Gasteiger charge is -2.22. The van der Waals surface area contributed by atoms with Crippen LogP contribution >= 0.6 is 11.3 Å². The highest BCUT2D eigenvalue weighted by atomic mass is 32.1. The van der Waals surface area contributed by atoms with Crippen LogP contribution in [-0.2, 0) is 4.74 Å². The minimum absolute atomic E-state index is 0.000876. The Labute approximate surface area is 221 Å². The smallest absolute Gasteiger partial charge is 0.338 e. The van der Waals surface area contributed by atoms with Gasteiger partial charge in [-0.1, -0.05) is 35.6 Å². The minimum atomic E-state index is -0.751. The van der Waals surface area contributed by atoms with Gasteiger partial charge in [-0.25, -0.2) is 9.78 Å². The van der Waals surface area contributed by atoms with Gasteiger partial charge >= 0.3 is 5.97 Å². The highest BCUT2D eigenvalue weighted by Gasteiger charge is 2.45. The molecule has 0 N–H and O–H groups in total. The Hall–Kier alpha value is -4.50. The normalized spacial score (nSPS) is 14.7. The summed E-state index contributed by atoms with van der Waals surface area (Å²) in [5.41, 5.74) is 2.09. The molecule has 6 rings (SSSR count). The summed E-state index contributed by atoms with van der Waals surface area (Å²) in [5.74, 6) is -0.197. The lowest BCUT2D eigenvalue weighted by atomic mass is 9.98. The van der Waals surface area contributed by atoms with E-state index in [1.807, 2.05) is 31.2 Å². The van der Waals surface area contributed by atoms with Crippen molar-refractivity contribution in [1.82, 2.24) is 4.98 Å². The predicted octanol–water partition coefficient (Wildman–Crippen LogP) is 5.73. The van der Waals surface area contributed by atoms with E-state index >= 15 is 0 Å². The maximum Gasteiger partial charge on any atom is 0.338 e. The summed E-state index contributed by atoms with van der Waals surface area (Å²) >= 11 is 1.26. The Morgan fingerprint density at radius 2 is 1.82 bits per heavy atom. The second-order valence-corrected chi connectivity index (χ2v) is 9.66. The minimum Gasteiger partial charge on any atom is -0.494 e. The average Bonchev–Trinajstić information content (AvgIpc) is 3.48. The number of carbonyl (C=O) groups is 2. The van der Waals surface area contributed by atoms with E-state index in [4.69, 9.17) is 18.9 Å². The molecule has 1 atom stereocenters. The van der Waals surface area contributed by atoms with Crippen LogP contribution in [0, 0.1) is 0 Å². The number of ether oxygens (including phenoxy) is 2. The number of anilines is 1. The first-order valence-electron chi connectivity index (χ1n) is 12.2. The Morgan fingerprint density at radius 1 is 1.03 bits per heavy atom. The van der Waals surface area contributed by atoms with Gasteiger partial charge in [0.25, 0.3) is 5.91 Å². The fourth-order valence-corrected chi connectivity index (χ4v) is 5.73. The first-order valence-corrected chi connectivity index (χ1v) is 13.0. The Bertz CT molecular complexity index is 1770. The SMILES string of the molecule is CCOC(=O)c1ccc2nc(N3C(=O)c4oc5ccccc5c(=O)c4[C@H]3c3ccc(OCC)cc3)sc2c1. The number of para-hydroxylation sites is 1. The van der Waals surface area contributed by atoms with E-state index in [1.165, 1.54) is 16.2 Å². The molecule has 8 nitrogen and oxygen atoms in total. The van der Waals surface area contributed by atoms with Gasteiger partial charge in [0, 0.05) is 0 Å². The van der Waals surface area contributed by atoms with Crippen LogP contribution in [0.1, 0.15) is 51.9 Å². The molecule has 5 aromatic rings. The molecule has 190 valence electrons. The summed E-state index contributed by atoms with van der Waals surface area (Å²) in [6, 6.07) is 18.5. The Morgan fingerprint density at radius 3 is 2.58 bits per heavy atom. The van der Waals surface area contributed by atoms with Gasteiger partial charge in [0.1, 0.15) is 11.3 Å². The van der Waals surface area contributed by atoms with Crippen LogP contribution in [0.15, 0.2) is 75.9 Å². The maximum absolute atomic E-state index is 13.8. The second kappa shape index (κ2) is 9.42. The number of hydrogen-bond acceptors (Lipinski definition) is 8. The summed E-state index contributed by atoms with van der Waals surface area (Å²) in [7, 11) is 0. The Kier molecular flexibility index (Phi) is 5.92. The molecule has 0 spiro atoms. The van der Waals surface area contributed by atoms with Gasteiger partial charge in [-0.3, -0.25) is 14.5 Å². The number of hydrogen-bond donors (Lipinski definition) is 0. The fraction of sp³-hybridized carbons (Fsp3) is 0.172. The highest BCUT2D eigenvalue weighted by molar-refractivity contribution is 7.22. The molecule has 0 aliphatic carbocycles. The zero-order chi connectivity index (χ0) is 26.4. The summed E-state index contributed by atoms with van der Waals surface area (Å²) in [5, 5.41) is 0.792. The number of rotatable bonds is 6. The number of carbonyl (C=O) groups excluding carboxylic acids is 2. The van der Waals surface area contributed by atoms with Crippen molar-refractivity contribution in [1.29, 1.82) is 0 Å². The molecular formula is C29H22N2O6S. The van der Waals surface area contributed by atoms with Crippen LogP contribution in [0.2, 0.25) is 0 Å². The first-order chi connectivity index (χ1) is 18.5. The number of nitrogens with zero attached hydrogens (tertiary/aromatic N) is 2. The van der Waals surface area contributed by atoms with Gasteiger partial charge in [0.05, 0.1) is 46.0 Å². The van der Waals surface area contributed by atoms with Crippen molar-refractivity contribution in [3.63, 3.8) is 0 Å². The largest absolute Gasteiger partial charge is 0.494 e. The van der Waals surface area contributed by atoms with Crippen molar-refractivity contribution in [3.05, 3.63) is 99.4 Å². The van der Waals surface area contributed by atoms with E-state index in [2.05, 4.69) is 0 Å². The van der Waals surface area contributed by atoms with Crippen molar-refractivity contribution < 1.29 is 23.5 Å². The van der Waals surface area contributed by atoms with Gasteiger partial charge in [0.15, 0.2) is 10.6 Å². The standard InChI is InChI=1S/C29H22N2O6S/c1-3-35-18-12-9-16(10-13-18)24-23-25(32)19-7-5-6-8-21(19)37-26(23)27(33)31(24)29-30-20-14-11-17(15-22(20)38-29)28(34)36-4-2/h5-15,24H,3-4H2,1-2H3/t24-/m1/s1. The van der Waals surface area contributed by atoms with Crippen LogP contribution in [0.25, 0.3) is 21.2 Å². The third-order valence-electron chi connectivity index (χ3n) is 6.38. The van der Waals surface area contributed by atoms with Gasteiger partial charge in [-0.2, -0.15) is 0 Å². The highest BCUT2D eigenvalue weighted by Crippen LogP contribution is 2.44. The zero-order valence-electron chi connectivity index (χ0n) is 20.6. The molecule has 0 saturated heterocycles. The van der Waals surface area contributed by atoms with Gasteiger partial charge < -0.3 is 13.9 Å². The van der Waals surface area contributed by atoms with Crippen LogP contribution in [0.5, 0.6) is 5.75 Å². The molecule has 1 amide bonds. The van der Waals surface area contributed by atoms with Crippen molar-refractivity contribution >= 4 is 49.5 Å². The van der Waals surface area contributed by atoms with Crippen LogP contribution in [-0.4, -0.2) is 30.1 Å². The summed E-state index contributed by atoms with van der Waals surface area (Å²) in [6.07, 6.45) is 0. The number of thiazole rings is 1. The third-order valence-corrected chi connectivity index (χ3v) is 7.40. The first kappa shape index (κ1) is 23.9. The monoisotopic (exact) mass is 526 g/mol. The summed E-state index contributed by atoms with van der Waals surface area (Å²) in [4.78, 5) is 46.0. The lowest BCUT2D eigenvalue weighted by molar-refractivity contribution is 0.0526. The van der Waals surface area contributed by atoms with Gasteiger partial charge in [-0.15, -0.1) is 0 Å². The van der Waals surface area contributed by atoms with E-state index in [0.717, 1.165) is 5.56 Å². The van der Waals surface area contributed by atoms with E-state index in [1.54, 1.807) is 49.4 Å². The number of fused-ring (bicyclic) bond motifs is 3. The van der Waals surface area contributed by atoms with Crippen molar-refractivity contribution in [3.8, 4) is 5.75 Å². The number of esters is 1. The summed E-state index contributed by atoms with van der Waals surface area (Å²) < 4.78 is 17.4. The Balaban J connectivity index is 1.53. The molecular weight excluding hydrogens is 504 g/mol. The topological polar surface area (TPSA) is 98.9 Å². The van der Waals surface area contributed by atoms with Crippen molar-refractivity contribution in [2.45, 2.75) is 19.9 Å². The molecule has 0 saturated carbocycles. The van der Waals surface area contributed by atoms with Crippen LogP contribution in [0.3, 0.4) is 0 Å². The van der Waals surface area contributed by atoms with Gasteiger partial charge in [-0.05, 0) is 61.9 Å². The molecule has 0 fully saturated rings. The number of amides is 1. The average molecular weight is 527 g/mol. The van der Waals surface area contributed by atoms with Crippen molar-refractivity contribution in [2.75, 3.05) is 18.1 Å². The van der Waals surface area contributed by atoms with E-state index in [-0.39, 0.29) is 23.4 Å². The quantitative estimate of drug-likeness (QED) is 0.261. The zero-order valence-corrected chi connectivity index (χ0v) is 21.4. The molecule has 38 heavy (non-hydrogen) atoms. The molecule has 0 radical (unpaired) electrons. The van der Waals surface area contributed by atoms with E-state index < -0.39 is 17.9 Å². The molecule has 3 heterocycles. The molecule has 0 unspecified atom stereocenters. The maximum atomic E-state index is 13.8.